The molecule has 0 saturated carbocycles. The number of carbonyl (C=O) groups excluding carboxylic acids is 2. The van der Waals surface area contributed by atoms with Crippen molar-refractivity contribution >= 4 is 103 Å². The summed E-state index contributed by atoms with van der Waals surface area (Å²) >= 11 is 16.8. The molecule has 0 spiro atoms. The van der Waals surface area contributed by atoms with Crippen molar-refractivity contribution in [2.24, 2.45) is 0 Å². The van der Waals surface area contributed by atoms with Gasteiger partial charge in [-0.25, -0.2) is 28.9 Å². The van der Waals surface area contributed by atoms with E-state index in [0.29, 0.717) is 11.6 Å². The van der Waals surface area contributed by atoms with Crippen LogP contribution in [0.4, 0.5) is 44.2 Å². The highest BCUT2D eigenvalue weighted by atomic mass is 35.6. The molecule has 0 aliphatic heterocycles. The van der Waals surface area contributed by atoms with Gasteiger partial charge < -0.3 is 35.1 Å². The molecule has 3 amide bonds. The zero-order valence-electron chi connectivity index (χ0n) is 54.4. The van der Waals surface area contributed by atoms with Gasteiger partial charge in [-0.1, -0.05) is 172 Å². The van der Waals surface area contributed by atoms with Crippen molar-refractivity contribution in [2.45, 2.75) is 82.9 Å². The molecule has 0 aliphatic rings. The van der Waals surface area contributed by atoms with Crippen molar-refractivity contribution < 1.29 is 23.8 Å². The second-order valence-electron chi connectivity index (χ2n) is 24.5. The molecule has 4 aromatic heterocycles. The minimum Gasteiger partial charge on any atom is -0.445 e. The van der Waals surface area contributed by atoms with Crippen LogP contribution in [0.15, 0.2) is 170 Å². The first kappa shape index (κ1) is 69.2. The number of aromatic nitrogens is 6. The van der Waals surface area contributed by atoms with Crippen molar-refractivity contribution in [3.63, 3.8) is 0 Å². The predicted octanol–water partition coefficient (Wildman–Crippen LogP) is 17.2. The average Bonchev–Trinajstić information content (AvgIpc) is 0.944. The summed E-state index contributed by atoms with van der Waals surface area (Å²) in [7, 11) is 7.53. The monoisotopic (exact) mass is 1300 g/mol. The summed E-state index contributed by atoms with van der Waals surface area (Å²) in [4.78, 5) is 39.0. The molecule has 0 unspecified atom stereocenters. The lowest BCUT2D eigenvalue weighted by atomic mass is 9.92. The number of fused-ring (bicyclic) bond motifs is 2. The van der Waals surface area contributed by atoms with E-state index >= 15 is 0 Å². The largest absolute Gasteiger partial charge is 0.445 e. The Morgan fingerprint density at radius 3 is 1.41 bits per heavy atom. The number of alkyl halides is 3. The Morgan fingerprint density at radius 2 is 0.978 bits per heavy atom. The Morgan fingerprint density at radius 1 is 0.543 bits per heavy atom. The molecule has 10 aromatic rings. The van der Waals surface area contributed by atoms with E-state index in [1.807, 2.05) is 163 Å². The lowest BCUT2D eigenvalue weighted by Gasteiger charge is -2.18. The number of urea groups is 1. The number of nitrogens with two attached hydrogens (primary N) is 1. The molecule has 0 fully saturated rings. The molecule has 0 saturated heterocycles. The molecule has 0 aliphatic carbocycles. The third kappa shape index (κ3) is 18.7. The predicted molar refractivity (Wildman–Crippen MR) is 380 cm³/mol. The van der Waals surface area contributed by atoms with E-state index in [1.165, 1.54) is 0 Å². The van der Waals surface area contributed by atoms with Crippen molar-refractivity contribution in [2.75, 3.05) is 92.7 Å². The highest BCUT2D eigenvalue weighted by molar-refractivity contribution is 6.67. The maximum Gasteiger partial charge on any atom is 0.412 e. The van der Waals surface area contributed by atoms with Gasteiger partial charge in [-0.2, -0.15) is 10.2 Å². The summed E-state index contributed by atoms with van der Waals surface area (Å²) in [6, 6.07) is 51.9. The number of methoxy groups -OCH3 is 2. The first-order chi connectivity index (χ1) is 43.8. The van der Waals surface area contributed by atoms with E-state index in [4.69, 9.17) is 64.8 Å². The molecule has 17 nitrogen and oxygen atoms in total. The molecule has 0 bridgehead atoms. The molecule has 0 radical (unpaired) electrons. The van der Waals surface area contributed by atoms with E-state index in [2.05, 4.69) is 106 Å². The van der Waals surface area contributed by atoms with E-state index in [0.717, 1.165) is 140 Å². The van der Waals surface area contributed by atoms with Gasteiger partial charge in [-0.3, -0.25) is 10.6 Å². The topological polar surface area (TPSA) is 192 Å². The van der Waals surface area contributed by atoms with Crippen molar-refractivity contribution in [1.29, 1.82) is 0 Å². The maximum atomic E-state index is 13.4. The van der Waals surface area contributed by atoms with Gasteiger partial charge in [0.1, 0.15) is 29.9 Å². The fourth-order valence-corrected chi connectivity index (χ4v) is 10.1. The van der Waals surface area contributed by atoms with Crippen LogP contribution in [0.2, 0.25) is 0 Å². The standard InChI is InChI=1S/C35H40N6O2.C20H23N3O.C17H20Cl3N3O2/c1-24-12-15-26(16-13-24)41-33(22-31(39-41)35(2,3)4)38-34(42)37-30-18-17-27(28-10-7-8-11-29(28)30)25-14-19-32(36-23-25)40(5)20-9-21-43-6;1-23(12-5-13-24-2)20-11-8-15(14-22-20)16-9-10-19(21)18-7-4-3-6-17(16)18;1-11-5-7-12(8-6-11)23-14(9-13(22-23)16(2,3)4)21-15(24)25-10-17(18,19)20/h7-8,10-19,22-23H,9,20-21H2,1-6H3,(H2,37,38,42);3-4,6-11,14H,5,12-13,21H2,1-2H3;5-9H,10H2,1-4H3,(H,21,24). The third-order valence-electron chi connectivity index (χ3n) is 15.1. The number of benzene rings is 6. The Kier molecular flexibility index (Phi) is 23.4. The summed E-state index contributed by atoms with van der Waals surface area (Å²) in [5.74, 6) is 2.96. The van der Waals surface area contributed by atoms with Gasteiger partial charge in [0, 0.05) is 118 Å². The molecular weight excluding hydrogens is 1220 g/mol. The van der Waals surface area contributed by atoms with Gasteiger partial charge in [0.05, 0.1) is 28.5 Å². The molecule has 482 valence electrons. The van der Waals surface area contributed by atoms with Crippen molar-refractivity contribution in [1.82, 2.24) is 29.5 Å². The van der Waals surface area contributed by atoms with Crippen LogP contribution in [-0.2, 0) is 25.0 Å². The summed E-state index contributed by atoms with van der Waals surface area (Å²) in [6.07, 6.45) is 5.04. The quantitative estimate of drug-likeness (QED) is 0.0362. The van der Waals surface area contributed by atoms with Crippen molar-refractivity contribution in [3.8, 4) is 33.6 Å². The van der Waals surface area contributed by atoms with Gasteiger partial charge >= 0.3 is 12.1 Å². The number of hydrogen-bond donors (Lipinski definition) is 4. The number of nitrogen functional groups attached to an aromatic ring is 1. The van der Waals surface area contributed by atoms with E-state index in [9.17, 15) is 9.59 Å². The molecule has 0 atom stereocenters. The van der Waals surface area contributed by atoms with Crippen LogP contribution in [0, 0.1) is 13.8 Å². The fourth-order valence-electron chi connectivity index (χ4n) is 9.89. The van der Waals surface area contributed by atoms with E-state index in [-0.39, 0.29) is 23.5 Å². The van der Waals surface area contributed by atoms with Crippen molar-refractivity contribution in [3.05, 3.63) is 193 Å². The summed E-state index contributed by atoms with van der Waals surface area (Å²) in [5.41, 5.74) is 17.3. The van der Waals surface area contributed by atoms with Crippen LogP contribution < -0.4 is 31.5 Å². The number of ether oxygens (including phenoxy) is 3. The molecule has 92 heavy (non-hydrogen) atoms. The number of halogens is 3. The first-order valence-corrected chi connectivity index (χ1v) is 31.5. The minimum atomic E-state index is -1.66. The SMILES string of the molecule is COCCCN(C)c1ccc(-c2ccc(N)c3ccccc23)cn1.COCCCN(C)c1ccc(-c2ccc(NC(=O)Nc3cc(C(C)(C)C)nn3-c3ccc(C)cc3)c3ccccc23)cn1.Cc1ccc(-n2nc(C(C)(C)C)cc2NC(=O)OCC(Cl)(Cl)Cl)cc1. The van der Waals surface area contributed by atoms with Gasteiger partial charge in [-0.05, 0) is 109 Å². The molecule has 6 aromatic carbocycles. The molecular formula is C72H83Cl3N12O5. The summed E-state index contributed by atoms with van der Waals surface area (Å²) in [5, 5.41) is 22.4. The second kappa shape index (κ2) is 31.1. The van der Waals surface area contributed by atoms with Gasteiger partial charge in [-0.15, -0.1) is 0 Å². The number of anilines is 6. The van der Waals surface area contributed by atoms with Crippen LogP contribution >= 0.6 is 34.8 Å². The molecule has 10 rings (SSSR count). The van der Waals surface area contributed by atoms with Crippen LogP contribution in [0.1, 0.15) is 76.9 Å². The third-order valence-corrected chi connectivity index (χ3v) is 15.4. The highest BCUT2D eigenvalue weighted by Gasteiger charge is 2.26. The van der Waals surface area contributed by atoms with Crippen LogP contribution in [0.5, 0.6) is 0 Å². The lowest BCUT2D eigenvalue weighted by Crippen LogP contribution is -2.22. The Bertz CT molecular complexity index is 4060. The van der Waals surface area contributed by atoms with Crippen LogP contribution in [0.3, 0.4) is 0 Å². The van der Waals surface area contributed by atoms with Gasteiger partial charge in [0.15, 0.2) is 0 Å². The van der Waals surface area contributed by atoms with Gasteiger partial charge in [0.2, 0.25) is 3.79 Å². The zero-order valence-corrected chi connectivity index (χ0v) is 56.7. The number of nitrogens with zero attached hydrogens (tertiary/aromatic N) is 8. The first-order valence-electron chi connectivity index (χ1n) is 30.4. The zero-order chi connectivity index (χ0) is 66.3. The number of carbonyl (C=O) groups is 2. The summed E-state index contributed by atoms with van der Waals surface area (Å²) < 4.78 is 17.0. The smallest absolute Gasteiger partial charge is 0.412 e. The number of pyridine rings is 2. The Hall–Kier alpha value is -8.71. The molecule has 5 N–H and O–H groups in total. The summed E-state index contributed by atoms with van der Waals surface area (Å²) in [6.45, 7) is 19.4. The second-order valence-corrected chi connectivity index (χ2v) is 27.0. The molecule has 4 heterocycles. The Balaban J connectivity index is 0.000000190. The maximum absolute atomic E-state index is 13.4. The highest BCUT2D eigenvalue weighted by Crippen LogP contribution is 2.36. The number of aryl methyl sites for hydroxylation is 2. The number of amides is 3. The Labute approximate surface area is 555 Å². The minimum absolute atomic E-state index is 0.179. The number of nitrogens with one attached hydrogen (secondary N) is 3. The number of hydrogen-bond acceptors (Lipinski definition) is 12. The lowest BCUT2D eigenvalue weighted by molar-refractivity contribution is 0.163. The van der Waals surface area contributed by atoms with Gasteiger partial charge in [0.25, 0.3) is 0 Å². The van der Waals surface area contributed by atoms with Crippen LogP contribution in [-0.4, -0.2) is 107 Å². The van der Waals surface area contributed by atoms with Crippen LogP contribution in [0.25, 0.3) is 55.2 Å². The normalized spacial score (nSPS) is 11.5. The van der Waals surface area contributed by atoms with E-state index < -0.39 is 9.89 Å². The number of rotatable bonds is 18. The van der Waals surface area contributed by atoms with E-state index in [1.54, 1.807) is 29.6 Å². The fraction of sp³-hybridized carbons (Fsp3) is 0.306. The average molecular weight is 1300 g/mol. The molecule has 20 heteroatoms.